The minimum Gasteiger partial charge on any atom is -0.196 e. The van der Waals surface area contributed by atoms with Crippen LogP contribution < -0.4 is 0 Å². The van der Waals surface area contributed by atoms with E-state index in [4.69, 9.17) is 5.26 Å². The van der Waals surface area contributed by atoms with Gasteiger partial charge in [-0.05, 0) is 37.8 Å². The standard InChI is InChI=1S/C12H13N3/c13-10-12(8-4-5-9-12)15-14-11-6-2-1-3-7-11/h1-3,6-7H,4-5,8-9H2/b15-14+. The third-order valence-electron chi connectivity index (χ3n) is 2.75. The van der Waals surface area contributed by atoms with E-state index < -0.39 is 5.54 Å². The molecule has 0 atom stereocenters. The number of nitrogens with zero attached hydrogens (tertiary/aromatic N) is 3. The summed E-state index contributed by atoms with van der Waals surface area (Å²) >= 11 is 0. The van der Waals surface area contributed by atoms with Crippen molar-refractivity contribution < 1.29 is 0 Å². The molecule has 3 heteroatoms. The van der Waals surface area contributed by atoms with E-state index in [1.165, 1.54) is 0 Å². The maximum Gasteiger partial charge on any atom is 0.167 e. The van der Waals surface area contributed by atoms with Gasteiger partial charge in [0.1, 0.15) is 0 Å². The first-order chi connectivity index (χ1) is 7.35. The van der Waals surface area contributed by atoms with Gasteiger partial charge in [0, 0.05) is 0 Å². The first-order valence-corrected chi connectivity index (χ1v) is 5.24. The molecule has 0 heterocycles. The number of hydrogen-bond donors (Lipinski definition) is 0. The van der Waals surface area contributed by atoms with Crippen LogP contribution in [0.4, 0.5) is 5.69 Å². The lowest BCUT2D eigenvalue weighted by Gasteiger charge is -2.11. The zero-order chi connectivity index (χ0) is 10.6. The summed E-state index contributed by atoms with van der Waals surface area (Å²) in [5, 5.41) is 17.4. The van der Waals surface area contributed by atoms with E-state index in [1.807, 2.05) is 30.3 Å². The van der Waals surface area contributed by atoms with Crippen molar-refractivity contribution in [1.82, 2.24) is 0 Å². The van der Waals surface area contributed by atoms with Gasteiger partial charge in [-0.25, -0.2) is 0 Å². The average Bonchev–Trinajstić information content (AvgIpc) is 2.77. The van der Waals surface area contributed by atoms with Crippen molar-refractivity contribution in [2.24, 2.45) is 10.2 Å². The smallest absolute Gasteiger partial charge is 0.167 e. The van der Waals surface area contributed by atoms with Crippen molar-refractivity contribution in [3.63, 3.8) is 0 Å². The molecule has 76 valence electrons. The number of nitriles is 1. The first-order valence-electron chi connectivity index (χ1n) is 5.24. The van der Waals surface area contributed by atoms with Crippen LogP contribution in [-0.2, 0) is 0 Å². The second-order valence-corrected chi connectivity index (χ2v) is 3.89. The zero-order valence-electron chi connectivity index (χ0n) is 8.56. The molecule has 0 bridgehead atoms. The number of rotatable bonds is 2. The summed E-state index contributed by atoms with van der Waals surface area (Å²) in [6.07, 6.45) is 3.86. The van der Waals surface area contributed by atoms with Crippen molar-refractivity contribution in [2.75, 3.05) is 0 Å². The zero-order valence-corrected chi connectivity index (χ0v) is 8.56. The van der Waals surface area contributed by atoms with Crippen molar-refractivity contribution >= 4 is 5.69 Å². The van der Waals surface area contributed by atoms with Crippen LogP contribution in [0.1, 0.15) is 25.7 Å². The van der Waals surface area contributed by atoms with Crippen molar-refractivity contribution in [2.45, 2.75) is 31.2 Å². The molecule has 0 spiro atoms. The topological polar surface area (TPSA) is 48.5 Å². The van der Waals surface area contributed by atoms with Gasteiger partial charge in [0.15, 0.2) is 5.54 Å². The van der Waals surface area contributed by atoms with Crippen LogP contribution in [0.3, 0.4) is 0 Å². The van der Waals surface area contributed by atoms with Gasteiger partial charge < -0.3 is 0 Å². The fraction of sp³-hybridized carbons (Fsp3) is 0.417. The van der Waals surface area contributed by atoms with Gasteiger partial charge in [-0.2, -0.15) is 15.5 Å². The first kappa shape index (κ1) is 9.85. The molecule has 15 heavy (non-hydrogen) atoms. The predicted molar refractivity (Wildman–Crippen MR) is 57.8 cm³/mol. The molecule has 2 rings (SSSR count). The molecule has 1 saturated carbocycles. The van der Waals surface area contributed by atoms with Crippen LogP contribution in [0.5, 0.6) is 0 Å². The summed E-state index contributed by atoms with van der Waals surface area (Å²) in [7, 11) is 0. The van der Waals surface area contributed by atoms with Crippen LogP contribution in [0.2, 0.25) is 0 Å². The van der Waals surface area contributed by atoms with Crippen LogP contribution in [0.25, 0.3) is 0 Å². The van der Waals surface area contributed by atoms with Gasteiger partial charge >= 0.3 is 0 Å². The van der Waals surface area contributed by atoms with E-state index in [0.29, 0.717) is 0 Å². The number of hydrogen-bond acceptors (Lipinski definition) is 3. The maximum atomic E-state index is 9.09. The summed E-state index contributed by atoms with van der Waals surface area (Å²) in [5.74, 6) is 0. The lowest BCUT2D eigenvalue weighted by Crippen LogP contribution is -2.17. The van der Waals surface area contributed by atoms with Gasteiger partial charge in [-0.1, -0.05) is 18.2 Å². The molecule has 1 aromatic carbocycles. The van der Waals surface area contributed by atoms with Gasteiger partial charge in [0.25, 0.3) is 0 Å². The number of benzene rings is 1. The molecule has 0 radical (unpaired) electrons. The van der Waals surface area contributed by atoms with Gasteiger partial charge in [-0.15, -0.1) is 0 Å². The van der Waals surface area contributed by atoms with Gasteiger partial charge in [0.05, 0.1) is 11.8 Å². The van der Waals surface area contributed by atoms with E-state index in [0.717, 1.165) is 31.4 Å². The summed E-state index contributed by atoms with van der Waals surface area (Å²) < 4.78 is 0. The normalized spacial score (nSPS) is 19.1. The Morgan fingerprint density at radius 3 is 2.40 bits per heavy atom. The average molecular weight is 199 g/mol. The molecule has 0 aromatic heterocycles. The summed E-state index contributed by atoms with van der Waals surface area (Å²) in [4.78, 5) is 0. The highest BCUT2D eigenvalue weighted by Gasteiger charge is 2.33. The summed E-state index contributed by atoms with van der Waals surface area (Å²) in [5.41, 5.74) is 0.273. The second-order valence-electron chi connectivity index (χ2n) is 3.89. The molecule has 1 aromatic rings. The lowest BCUT2D eigenvalue weighted by atomic mass is 10.0. The van der Waals surface area contributed by atoms with E-state index in [-0.39, 0.29) is 0 Å². The Hall–Kier alpha value is -1.69. The Morgan fingerprint density at radius 2 is 1.80 bits per heavy atom. The minimum atomic E-state index is -0.546. The Balaban J connectivity index is 2.14. The molecule has 1 fully saturated rings. The summed E-state index contributed by atoms with van der Waals surface area (Å²) in [6.45, 7) is 0. The fourth-order valence-corrected chi connectivity index (χ4v) is 1.84. The number of azo groups is 1. The lowest BCUT2D eigenvalue weighted by molar-refractivity contribution is 0.540. The molecular formula is C12H13N3. The van der Waals surface area contributed by atoms with E-state index >= 15 is 0 Å². The molecule has 0 N–H and O–H groups in total. The van der Waals surface area contributed by atoms with E-state index in [9.17, 15) is 0 Å². The second kappa shape index (κ2) is 4.22. The highest BCUT2D eigenvalue weighted by molar-refractivity contribution is 5.35. The maximum absolute atomic E-state index is 9.09. The van der Waals surface area contributed by atoms with Gasteiger partial charge in [0.2, 0.25) is 0 Å². The molecule has 1 aliphatic rings. The van der Waals surface area contributed by atoms with Crippen LogP contribution in [0.15, 0.2) is 40.6 Å². The molecule has 1 aliphatic carbocycles. The molecule has 0 amide bonds. The molecule has 3 nitrogen and oxygen atoms in total. The highest BCUT2D eigenvalue weighted by Crippen LogP contribution is 2.33. The Kier molecular flexibility index (Phi) is 2.77. The Morgan fingerprint density at radius 1 is 1.13 bits per heavy atom. The van der Waals surface area contributed by atoms with Crippen LogP contribution >= 0.6 is 0 Å². The minimum absolute atomic E-state index is 0.546. The van der Waals surface area contributed by atoms with E-state index in [2.05, 4.69) is 16.3 Å². The van der Waals surface area contributed by atoms with Crippen molar-refractivity contribution in [1.29, 1.82) is 5.26 Å². The molecule has 0 aliphatic heterocycles. The van der Waals surface area contributed by atoms with Crippen LogP contribution in [0, 0.1) is 11.3 Å². The molecular weight excluding hydrogens is 186 g/mol. The van der Waals surface area contributed by atoms with Crippen molar-refractivity contribution in [3.05, 3.63) is 30.3 Å². The van der Waals surface area contributed by atoms with E-state index in [1.54, 1.807) is 0 Å². The van der Waals surface area contributed by atoms with Crippen LogP contribution in [-0.4, -0.2) is 5.54 Å². The predicted octanol–water partition coefficient (Wildman–Crippen LogP) is 3.61. The highest BCUT2D eigenvalue weighted by atomic mass is 15.2. The molecule has 0 saturated heterocycles. The largest absolute Gasteiger partial charge is 0.196 e. The summed E-state index contributed by atoms with van der Waals surface area (Å²) in [6, 6.07) is 11.8. The Labute approximate surface area is 89.5 Å². The molecule has 0 unspecified atom stereocenters. The van der Waals surface area contributed by atoms with Crippen molar-refractivity contribution in [3.8, 4) is 6.07 Å². The van der Waals surface area contributed by atoms with Gasteiger partial charge in [-0.3, -0.25) is 0 Å². The Bertz CT molecular complexity index is 383. The quantitative estimate of drug-likeness (QED) is 0.671. The third kappa shape index (κ3) is 2.21. The third-order valence-corrected chi connectivity index (χ3v) is 2.75. The fourth-order valence-electron chi connectivity index (χ4n) is 1.84. The SMILES string of the molecule is N#CC1(/N=N/c2ccccc2)CCCC1. The monoisotopic (exact) mass is 199 g/mol.